The van der Waals surface area contributed by atoms with Crippen LogP contribution in [0.4, 0.5) is 14.5 Å². The summed E-state index contributed by atoms with van der Waals surface area (Å²) in [6, 6.07) is 5.96. The van der Waals surface area contributed by atoms with Crippen LogP contribution in [0.1, 0.15) is 11.3 Å². The third-order valence-corrected chi connectivity index (χ3v) is 3.60. The number of halogens is 2. The molecule has 0 aliphatic carbocycles. The summed E-state index contributed by atoms with van der Waals surface area (Å²) in [6.45, 7) is 1.13. The summed E-state index contributed by atoms with van der Waals surface area (Å²) >= 11 is 0. The second-order valence-corrected chi connectivity index (χ2v) is 4.89. The fourth-order valence-corrected chi connectivity index (χ4v) is 2.51. The van der Waals surface area contributed by atoms with Gasteiger partial charge in [-0.05, 0) is 5.56 Å². The number of anilines is 1. The first-order valence-electron chi connectivity index (χ1n) is 6.54. The number of hydrogen-bond acceptors (Lipinski definition) is 4. The van der Waals surface area contributed by atoms with Crippen molar-refractivity contribution in [1.82, 2.24) is 4.98 Å². The van der Waals surface area contributed by atoms with Crippen LogP contribution in [0.15, 0.2) is 24.3 Å². The van der Waals surface area contributed by atoms with Gasteiger partial charge in [-0.3, -0.25) is 0 Å². The fourth-order valence-electron chi connectivity index (χ4n) is 2.51. The minimum absolute atomic E-state index is 0.00306. The third-order valence-electron chi connectivity index (χ3n) is 3.60. The number of ether oxygens (including phenoxy) is 1. The van der Waals surface area contributed by atoms with Crippen LogP contribution in [0.3, 0.4) is 0 Å². The molecule has 21 heavy (non-hydrogen) atoms. The molecule has 1 aromatic heterocycles. The second-order valence-electron chi connectivity index (χ2n) is 4.89. The molecule has 0 spiro atoms. The molecular formula is C15H14F2N2O2. The van der Waals surface area contributed by atoms with E-state index < -0.39 is 11.6 Å². The molecule has 2 heterocycles. The van der Waals surface area contributed by atoms with Gasteiger partial charge in [-0.25, -0.2) is 9.37 Å². The molecule has 0 saturated heterocycles. The molecule has 1 aromatic carbocycles. The number of rotatable bonds is 2. The monoisotopic (exact) mass is 292 g/mol. The zero-order valence-electron chi connectivity index (χ0n) is 11.4. The van der Waals surface area contributed by atoms with Crippen LogP contribution in [0, 0.1) is 11.6 Å². The van der Waals surface area contributed by atoms with E-state index in [1.54, 1.807) is 6.07 Å². The number of pyridine rings is 1. The molecule has 6 heteroatoms. The lowest BCUT2D eigenvalue weighted by Gasteiger charge is -2.30. The molecule has 0 amide bonds. The van der Waals surface area contributed by atoms with E-state index in [1.807, 2.05) is 4.90 Å². The quantitative estimate of drug-likeness (QED) is 0.924. The van der Waals surface area contributed by atoms with E-state index in [2.05, 4.69) is 4.98 Å². The number of methoxy groups -OCH3 is 1. The molecular weight excluding hydrogens is 278 g/mol. The Bertz CT molecular complexity index is 692. The molecule has 110 valence electrons. The molecule has 1 N–H and O–H groups in total. The van der Waals surface area contributed by atoms with Crippen LogP contribution in [0.5, 0.6) is 11.6 Å². The molecule has 0 fully saturated rings. The number of aromatic hydroxyl groups is 1. The molecule has 0 atom stereocenters. The SMILES string of the molecule is COc1cc(N2CCc3nc(O)ccc3C2)cc(F)c1F. The predicted octanol–water partition coefficient (Wildman–Crippen LogP) is 2.64. The van der Waals surface area contributed by atoms with Gasteiger partial charge in [0.05, 0.1) is 12.8 Å². The van der Waals surface area contributed by atoms with E-state index in [-0.39, 0.29) is 11.6 Å². The van der Waals surface area contributed by atoms with Crippen molar-refractivity contribution in [3.63, 3.8) is 0 Å². The number of benzene rings is 1. The van der Waals surface area contributed by atoms with Crippen molar-refractivity contribution in [1.29, 1.82) is 0 Å². The molecule has 1 aliphatic rings. The molecule has 0 bridgehead atoms. The van der Waals surface area contributed by atoms with Crippen LogP contribution >= 0.6 is 0 Å². The van der Waals surface area contributed by atoms with Gasteiger partial charge in [-0.1, -0.05) is 6.07 Å². The Kier molecular flexibility index (Phi) is 3.37. The highest BCUT2D eigenvalue weighted by Gasteiger charge is 2.21. The van der Waals surface area contributed by atoms with Crippen molar-refractivity contribution >= 4 is 5.69 Å². The maximum absolute atomic E-state index is 13.6. The Hall–Kier alpha value is -2.37. The molecule has 3 rings (SSSR count). The van der Waals surface area contributed by atoms with Crippen molar-refractivity contribution < 1.29 is 18.6 Å². The van der Waals surface area contributed by atoms with Crippen LogP contribution in [0.25, 0.3) is 0 Å². The van der Waals surface area contributed by atoms with Crippen molar-refractivity contribution in [3.8, 4) is 11.6 Å². The summed E-state index contributed by atoms with van der Waals surface area (Å²) in [7, 11) is 1.31. The third kappa shape index (κ3) is 2.49. The molecule has 4 nitrogen and oxygen atoms in total. The number of aromatic nitrogens is 1. The summed E-state index contributed by atoms with van der Waals surface area (Å²) in [5.41, 5.74) is 2.35. The highest BCUT2D eigenvalue weighted by molar-refractivity contribution is 5.53. The van der Waals surface area contributed by atoms with Gasteiger partial charge >= 0.3 is 0 Å². The zero-order valence-corrected chi connectivity index (χ0v) is 11.4. The van der Waals surface area contributed by atoms with Crippen LogP contribution in [-0.4, -0.2) is 23.7 Å². The summed E-state index contributed by atoms with van der Waals surface area (Å²) in [6.07, 6.45) is 0.630. The van der Waals surface area contributed by atoms with Gasteiger partial charge in [0.1, 0.15) is 0 Å². The van der Waals surface area contributed by atoms with Crippen LogP contribution in [0.2, 0.25) is 0 Å². The zero-order chi connectivity index (χ0) is 15.0. The van der Waals surface area contributed by atoms with Gasteiger partial charge in [0, 0.05) is 43.4 Å². The second kappa shape index (κ2) is 5.20. The predicted molar refractivity (Wildman–Crippen MR) is 73.6 cm³/mol. The lowest BCUT2D eigenvalue weighted by atomic mass is 10.0. The average molecular weight is 292 g/mol. The average Bonchev–Trinajstić information content (AvgIpc) is 2.49. The van der Waals surface area contributed by atoms with Crippen molar-refractivity contribution in [2.24, 2.45) is 0 Å². The molecule has 2 aromatic rings. The minimum atomic E-state index is -0.981. The Labute approximate surface area is 120 Å². The molecule has 0 radical (unpaired) electrons. The van der Waals surface area contributed by atoms with Gasteiger partial charge in [-0.2, -0.15) is 4.39 Å². The van der Waals surface area contributed by atoms with E-state index in [4.69, 9.17) is 4.74 Å². The van der Waals surface area contributed by atoms with Crippen LogP contribution in [-0.2, 0) is 13.0 Å². The summed E-state index contributed by atoms with van der Waals surface area (Å²) in [5.74, 6) is -2.03. The normalized spacial score (nSPS) is 14.0. The Balaban J connectivity index is 1.93. The first kappa shape index (κ1) is 13.6. The van der Waals surface area contributed by atoms with Gasteiger partial charge in [-0.15, -0.1) is 0 Å². The maximum Gasteiger partial charge on any atom is 0.210 e. The molecule has 0 saturated carbocycles. The van der Waals surface area contributed by atoms with E-state index in [9.17, 15) is 13.9 Å². The summed E-state index contributed by atoms with van der Waals surface area (Å²) in [4.78, 5) is 6.00. The van der Waals surface area contributed by atoms with Gasteiger partial charge in [0.15, 0.2) is 11.6 Å². The number of nitrogens with zero attached hydrogens (tertiary/aromatic N) is 2. The number of fused-ring (bicyclic) bond motifs is 1. The first-order valence-corrected chi connectivity index (χ1v) is 6.54. The highest BCUT2D eigenvalue weighted by atomic mass is 19.2. The first-order chi connectivity index (χ1) is 10.1. The van der Waals surface area contributed by atoms with Crippen LogP contribution < -0.4 is 9.64 Å². The van der Waals surface area contributed by atoms with E-state index in [0.29, 0.717) is 25.2 Å². The van der Waals surface area contributed by atoms with E-state index in [1.165, 1.54) is 19.2 Å². The number of hydrogen-bond donors (Lipinski definition) is 1. The topological polar surface area (TPSA) is 45.6 Å². The smallest absolute Gasteiger partial charge is 0.210 e. The van der Waals surface area contributed by atoms with Gasteiger partial charge in [0.2, 0.25) is 11.7 Å². The Morgan fingerprint density at radius 3 is 2.86 bits per heavy atom. The van der Waals surface area contributed by atoms with Gasteiger partial charge < -0.3 is 14.7 Å². The van der Waals surface area contributed by atoms with Crippen molar-refractivity contribution in [2.45, 2.75) is 13.0 Å². The largest absolute Gasteiger partial charge is 0.493 e. The Morgan fingerprint density at radius 1 is 1.29 bits per heavy atom. The van der Waals surface area contributed by atoms with E-state index >= 15 is 0 Å². The molecule has 0 unspecified atom stereocenters. The van der Waals surface area contributed by atoms with Crippen molar-refractivity contribution in [2.75, 3.05) is 18.6 Å². The van der Waals surface area contributed by atoms with Gasteiger partial charge in [0.25, 0.3) is 0 Å². The molecule has 1 aliphatic heterocycles. The summed E-state index contributed by atoms with van der Waals surface area (Å²) < 4.78 is 31.9. The minimum Gasteiger partial charge on any atom is -0.493 e. The highest BCUT2D eigenvalue weighted by Crippen LogP contribution is 2.30. The maximum atomic E-state index is 13.6. The lowest BCUT2D eigenvalue weighted by molar-refractivity contribution is 0.372. The lowest BCUT2D eigenvalue weighted by Crippen LogP contribution is -2.31. The van der Waals surface area contributed by atoms with E-state index in [0.717, 1.165) is 17.3 Å². The van der Waals surface area contributed by atoms with Crippen molar-refractivity contribution in [3.05, 3.63) is 47.2 Å². The summed E-state index contributed by atoms with van der Waals surface area (Å²) in [5, 5.41) is 9.37. The Morgan fingerprint density at radius 2 is 2.10 bits per heavy atom. The fraction of sp³-hybridized carbons (Fsp3) is 0.267. The standard InChI is InChI=1S/C15H14F2N2O2/c1-21-13-7-10(6-11(16)15(13)17)19-5-4-12-9(8-19)2-3-14(20)18-12/h2-3,6-7H,4-5,8H2,1H3,(H,18,20).